The molecule has 1 amide bonds. The van der Waals surface area contributed by atoms with Gasteiger partial charge in [0.05, 0.1) is 0 Å². The van der Waals surface area contributed by atoms with Gasteiger partial charge in [0.15, 0.2) is 0 Å². The van der Waals surface area contributed by atoms with Crippen molar-refractivity contribution in [3.05, 3.63) is 72.8 Å². The number of rotatable bonds is 20. The van der Waals surface area contributed by atoms with Crippen LogP contribution in [-0.4, -0.2) is 20.8 Å². The van der Waals surface area contributed by atoms with Gasteiger partial charge in [0.25, 0.3) is 8.32 Å². The summed E-state index contributed by atoms with van der Waals surface area (Å²) in [5.74, 6) is -0.173. The van der Waals surface area contributed by atoms with E-state index in [1.54, 1.807) is 0 Å². The fourth-order valence-corrected chi connectivity index (χ4v) is 9.99. The van der Waals surface area contributed by atoms with Gasteiger partial charge in [-0.15, -0.1) is 0 Å². The molecular weight excluding hydrogens is 482 g/mol. The van der Waals surface area contributed by atoms with Crippen molar-refractivity contribution in [3.8, 4) is 0 Å². The highest BCUT2D eigenvalue weighted by atomic mass is 28.4. The molecule has 0 radical (unpaired) electrons. The van der Waals surface area contributed by atoms with Crippen molar-refractivity contribution in [1.29, 1.82) is 0 Å². The quantitative estimate of drug-likeness (QED) is 0.106. The molecule has 0 saturated heterocycles. The Labute approximate surface area is 234 Å². The Hall–Kier alpha value is -2.17. The Morgan fingerprint density at radius 3 is 1.55 bits per heavy atom. The number of carbonyl (C=O) groups is 1. The van der Waals surface area contributed by atoms with E-state index in [0.717, 1.165) is 25.9 Å². The molecule has 2 aromatic carbocycles. The summed E-state index contributed by atoms with van der Waals surface area (Å²) in [6.07, 6.45) is 21.0. The molecule has 0 aliphatic heterocycles. The molecule has 0 heterocycles. The van der Waals surface area contributed by atoms with Gasteiger partial charge in [0.1, 0.15) is 0 Å². The number of hydrogen-bond donors (Lipinski definition) is 1. The predicted octanol–water partition coefficient (Wildman–Crippen LogP) is 8.07. The minimum Gasteiger partial charge on any atom is -0.407 e. The average molecular weight is 536 g/mol. The summed E-state index contributed by atoms with van der Waals surface area (Å²) in [7, 11) is -2.39. The first-order valence-corrected chi connectivity index (χ1v) is 17.0. The van der Waals surface area contributed by atoms with Crippen LogP contribution < -0.4 is 16.1 Å². The molecular formula is C34H53NO2Si. The van der Waals surface area contributed by atoms with E-state index in [0.29, 0.717) is 6.42 Å². The van der Waals surface area contributed by atoms with E-state index < -0.39 is 8.32 Å². The molecule has 4 heteroatoms. The predicted molar refractivity (Wildman–Crippen MR) is 167 cm³/mol. The molecule has 2 aromatic rings. The van der Waals surface area contributed by atoms with Crippen molar-refractivity contribution >= 4 is 24.6 Å². The molecule has 0 fully saturated rings. The van der Waals surface area contributed by atoms with Gasteiger partial charge in [0.2, 0.25) is 5.91 Å². The number of unbranched alkanes of at least 4 members (excludes halogenated alkanes) is 11. The van der Waals surface area contributed by atoms with Gasteiger partial charge >= 0.3 is 0 Å². The zero-order valence-electron chi connectivity index (χ0n) is 24.4. The van der Waals surface area contributed by atoms with Gasteiger partial charge in [-0.3, -0.25) is 4.79 Å². The van der Waals surface area contributed by atoms with Gasteiger partial charge in [-0.25, -0.2) is 0 Å². The molecule has 210 valence electrons. The van der Waals surface area contributed by atoms with Gasteiger partial charge < -0.3 is 10.2 Å². The van der Waals surface area contributed by atoms with E-state index in [-0.39, 0.29) is 10.9 Å². The lowest BCUT2D eigenvalue weighted by atomic mass is 10.1. The van der Waals surface area contributed by atoms with Crippen LogP contribution in [0.5, 0.6) is 0 Å². The maximum absolute atomic E-state index is 10.7. The zero-order valence-corrected chi connectivity index (χ0v) is 25.4. The molecule has 0 aromatic heterocycles. The Morgan fingerprint density at radius 1 is 0.684 bits per heavy atom. The van der Waals surface area contributed by atoms with E-state index in [4.69, 9.17) is 10.2 Å². The van der Waals surface area contributed by atoms with Crippen LogP contribution >= 0.6 is 0 Å². The zero-order chi connectivity index (χ0) is 27.5. The second-order valence-corrected chi connectivity index (χ2v) is 16.0. The fraction of sp³-hybridized carbons (Fsp3) is 0.559. The van der Waals surface area contributed by atoms with Gasteiger partial charge in [-0.1, -0.05) is 139 Å². The van der Waals surface area contributed by atoms with E-state index >= 15 is 0 Å². The van der Waals surface area contributed by atoms with Crippen molar-refractivity contribution in [2.24, 2.45) is 5.73 Å². The number of hydrogen-bond acceptors (Lipinski definition) is 2. The number of allylic oxidation sites excluding steroid dienone is 2. The minimum absolute atomic E-state index is 0.0509. The Bertz CT molecular complexity index is 866. The number of primary amides is 1. The van der Waals surface area contributed by atoms with Crippen molar-refractivity contribution in [2.45, 2.75) is 116 Å². The average Bonchev–Trinajstić information content (AvgIpc) is 2.90. The topological polar surface area (TPSA) is 52.3 Å². The molecule has 2 rings (SSSR count). The molecule has 0 spiro atoms. The van der Waals surface area contributed by atoms with Crippen molar-refractivity contribution < 1.29 is 9.22 Å². The lowest BCUT2D eigenvalue weighted by molar-refractivity contribution is -0.118. The smallest absolute Gasteiger partial charge is 0.261 e. The van der Waals surface area contributed by atoms with Crippen LogP contribution in [0.4, 0.5) is 0 Å². The fourth-order valence-electron chi connectivity index (χ4n) is 5.39. The highest BCUT2D eigenvalue weighted by Gasteiger charge is 2.49. The molecule has 0 unspecified atom stereocenters. The molecule has 0 saturated carbocycles. The van der Waals surface area contributed by atoms with Crippen LogP contribution in [-0.2, 0) is 9.22 Å². The maximum atomic E-state index is 10.7. The first-order valence-electron chi connectivity index (χ1n) is 15.1. The third-order valence-corrected chi connectivity index (χ3v) is 12.5. The Balaban J connectivity index is 1.62. The first-order chi connectivity index (χ1) is 18.4. The molecule has 3 nitrogen and oxygen atoms in total. The van der Waals surface area contributed by atoms with Crippen LogP contribution in [0.3, 0.4) is 0 Å². The molecule has 38 heavy (non-hydrogen) atoms. The van der Waals surface area contributed by atoms with E-state index in [2.05, 4.69) is 93.6 Å². The lowest BCUT2D eigenvalue weighted by Gasteiger charge is -2.43. The van der Waals surface area contributed by atoms with Crippen LogP contribution in [0.25, 0.3) is 0 Å². The monoisotopic (exact) mass is 535 g/mol. The van der Waals surface area contributed by atoms with E-state index in [1.807, 2.05) is 0 Å². The molecule has 2 N–H and O–H groups in total. The summed E-state index contributed by atoms with van der Waals surface area (Å²) in [5.41, 5.74) is 5.17. The lowest BCUT2D eigenvalue weighted by Crippen LogP contribution is -2.66. The standard InChI is InChI=1S/C34H53NO2Si/c1-34(2,3)38(31-25-19-17-20-26-31,32-27-21-18-22-28-32)37-30-24-16-14-12-10-8-6-4-5-7-9-11-13-15-23-29-33(35)36/h4-5,17-22,25-28H,6-16,23-24,29-30H2,1-3H3,(H2,35,36). The summed E-state index contributed by atoms with van der Waals surface area (Å²) >= 11 is 0. The normalized spacial score (nSPS) is 12.3. The van der Waals surface area contributed by atoms with Crippen LogP contribution in [0, 0.1) is 0 Å². The van der Waals surface area contributed by atoms with Crippen molar-refractivity contribution in [1.82, 2.24) is 0 Å². The number of carbonyl (C=O) groups excluding carboxylic acids is 1. The molecule has 0 aliphatic rings. The molecule has 0 atom stereocenters. The number of benzene rings is 2. The summed E-state index contributed by atoms with van der Waals surface area (Å²) in [6.45, 7) is 7.88. The highest BCUT2D eigenvalue weighted by Crippen LogP contribution is 2.36. The summed E-state index contributed by atoms with van der Waals surface area (Å²) in [4.78, 5) is 10.7. The van der Waals surface area contributed by atoms with Crippen LogP contribution in [0.2, 0.25) is 5.04 Å². The third-order valence-electron chi connectivity index (χ3n) is 7.46. The van der Waals surface area contributed by atoms with Gasteiger partial charge in [0, 0.05) is 13.0 Å². The maximum Gasteiger partial charge on any atom is 0.261 e. The van der Waals surface area contributed by atoms with Crippen molar-refractivity contribution in [2.75, 3.05) is 6.61 Å². The second-order valence-electron chi connectivity index (χ2n) is 11.7. The summed E-state index contributed by atoms with van der Waals surface area (Å²) in [6, 6.07) is 21.9. The minimum atomic E-state index is -2.39. The summed E-state index contributed by atoms with van der Waals surface area (Å²) < 4.78 is 7.01. The summed E-state index contributed by atoms with van der Waals surface area (Å²) in [5, 5.41) is 2.79. The van der Waals surface area contributed by atoms with E-state index in [1.165, 1.54) is 74.6 Å². The molecule has 0 bridgehead atoms. The third kappa shape index (κ3) is 11.3. The van der Waals surface area contributed by atoms with Gasteiger partial charge in [-0.2, -0.15) is 0 Å². The van der Waals surface area contributed by atoms with E-state index in [9.17, 15) is 4.79 Å². The number of nitrogens with two attached hydrogens (primary N) is 1. The second kappa shape index (κ2) is 18.2. The first kappa shape index (κ1) is 32.0. The number of amides is 1. The van der Waals surface area contributed by atoms with Crippen molar-refractivity contribution in [3.63, 3.8) is 0 Å². The largest absolute Gasteiger partial charge is 0.407 e. The van der Waals surface area contributed by atoms with Crippen LogP contribution in [0.15, 0.2) is 72.8 Å². The van der Waals surface area contributed by atoms with Crippen LogP contribution in [0.1, 0.15) is 111 Å². The Kier molecular flexibility index (Phi) is 15.3. The highest BCUT2D eigenvalue weighted by molar-refractivity contribution is 6.99. The Morgan fingerprint density at radius 2 is 1.11 bits per heavy atom. The van der Waals surface area contributed by atoms with Gasteiger partial charge in [-0.05, 0) is 53.9 Å². The SMILES string of the molecule is CC(C)(C)[Si](OCCCCCCCCC=CCCCCCCCC(N)=O)(c1ccccc1)c1ccccc1. The molecule has 0 aliphatic carbocycles.